The third-order valence-electron chi connectivity index (χ3n) is 4.88. The lowest BCUT2D eigenvalue weighted by Crippen LogP contribution is -2.42. The van der Waals surface area contributed by atoms with E-state index in [1.165, 1.54) is 5.56 Å². The molecule has 120 valence electrons. The number of ketones is 1. The van der Waals surface area contributed by atoms with E-state index in [0.29, 0.717) is 5.02 Å². The molecule has 0 radical (unpaired) electrons. The van der Waals surface area contributed by atoms with E-state index in [9.17, 15) is 4.79 Å². The number of halogens is 1. The molecule has 2 nitrogen and oxygen atoms in total. The number of hydrogen-bond acceptors (Lipinski definition) is 2. The van der Waals surface area contributed by atoms with Crippen LogP contribution in [-0.2, 0) is 11.8 Å². The third kappa shape index (κ3) is 3.06. The second-order valence-corrected chi connectivity index (χ2v) is 7.07. The van der Waals surface area contributed by atoms with Gasteiger partial charge in [0.2, 0.25) is 0 Å². The number of carbonyl (C=O) groups excluding carboxylic acids is 1. The van der Waals surface area contributed by atoms with Gasteiger partial charge >= 0.3 is 0 Å². The van der Waals surface area contributed by atoms with Crippen LogP contribution in [0.1, 0.15) is 34.3 Å². The minimum atomic E-state index is -0.469. The Labute approximate surface area is 143 Å². The Morgan fingerprint density at radius 3 is 2.65 bits per heavy atom. The molecule has 1 aliphatic carbocycles. The van der Waals surface area contributed by atoms with Crippen molar-refractivity contribution in [2.24, 2.45) is 0 Å². The number of fused-ring (bicyclic) bond motifs is 1. The van der Waals surface area contributed by atoms with E-state index in [-0.39, 0.29) is 5.78 Å². The summed E-state index contributed by atoms with van der Waals surface area (Å²) in [6, 6.07) is 15.8. The van der Waals surface area contributed by atoms with Crippen LogP contribution in [0.25, 0.3) is 0 Å². The fraction of sp³-hybridized carbons (Fsp3) is 0.350. The Kier molecular flexibility index (Phi) is 4.56. The molecule has 0 heterocycles. The van der Waals surface area contributed by atoms with Crippen LogP contribution < -0.4 is 0 Å². The van der Waals surface area contributed by atoms with Crippen molar-refractivity contribution < 1.29 is 4.79 Å². The summed E-state index contributed by atoms with van der Waals surface area (Å²) in [4.78, 5) is 15.5. The van der Waals surface area contributed by atoms with E-state index in [1.54, 1.807) is 0 Å². The van der Waals surface area contributed by atoms with Crippen LogP contribution in [0, 0.1) is 0 Å². The average molecular weight is 328 g/mol. The molecule has 3 rings (SSSR count). The summed E-state index contributed by atoms with van der Waals surface area (Å²) in [5, 5.41) is 0.693. The maximum Gasteiger partial charge on any atom is 0.173 e. The number of aryl methyl sites for hydroxylation is 1. The minimum Gasteiger partial charge on any atom is -0.309 e. The molecule has 0 aliphatic heterocycles. The average Bonchev–Trinajstić information content (AvgIpc) is 2.55. The fourth-order valence-corrected chi connectivity index (χ4v) is 3.73. The number of nitrogens with zero attached hydrogens (tertiary/aromatic N) is 1. The predicted octanol–water partition coefficient (Wildman–Crippen LogP) is 4.36. The van der Waals surface area contributed by atoms with E-state index in [0.717, 1.165) is 36.9 Å². The predicted molar refractivity (Wildman–Crippen MR) is 95.4 cm³/mol. The number of hydrogen-bond donors (Lipinski definition) is 0. The smallest absolute Gasteiger partial charge is 0.173 e. The van der Waals surface area contributed by atoms with Crippen molar-refractivity contribution in [3.05, 3.63) is 70.2 Å². The molecule has 0 bridgehead atoms. The molecule has 1 aliphatic rings. The Balaban J connectivity index is 2.08. The zero-order valence-electron chi connectivity index (χ0n) is 13.7. The van der Waals surface area contributed by atoms with Crippen LogP contribution in [-0.4, -0.2) is 31.3 Å². The Bertz CT molecular complexity index is 725. The van der Waals surface area contributed by atoms with Crippen molar-refractivity contribution in [1.29, 1.82) is 0 Å². The highest BCUT2D eigenvalue weighted by molar-refractivity contribution is 6.30. The molecule has 2 aromatic rings. The second kappa shape index (κ2) is 6.46. The van der Waals surface area contributed by atoms with Gasteiger partial charge in [0, 0.05) is 10.6 Å². The Morgan fingerprint density at radius 2 is 1.91 bits per heavy atom. The highest BCUT2D eigenvalue weighted by atomic mass is 35.5. The molecular weight excluding hydrogens is 306 g/mol. The van der Waals surface area contributed by atoms with Crippen molar-refractivity contribution in [3.8, 4) is 0 Å². The molecule has 0 N–H and O–H groups in total. The third-order valence-corrected chi connectivity index (χ3v) is 5.12. The van der Waals surface area contributed by atoms with Crippen LogP contribution in [0.5, 0.6) is 0 Å². The lowest BCUT2D eigenvalue weighted by molar-refractivity contribution is 0.0840. The molecule has 0 saturated heterocycles. The van der Waals surface area contributed by atoms with Gasteiger partial charge in [0.1, 0.15) is 0 Å². The van der Waals surface area contributed by atoms with Gasteiger partial charge in [0.05, 0.1) is 5.41 Å². The monoisotopic (exact) mass is 327 g/mol. The largest absolute Gasteiger partial charge is 0.309 e. The van der Waals surface area contributed by atoms with Gasteiger partial charge in [-0.1, -0.05) is 48.0 Å². The van der Waals surface area contributed by atoms with Gasteiger partial charge in [-0.15, -0.1) is 0 Å². The fourth-order valence-electron chi connectivity index (χ4n) is 3.54. The van der Waals surface area contributed by atoms with Gasteiger partial charge < -0.3 is 4.90 Å². The van der Waals surface area contributed by atoms with Gasteiger partial charge in [0.15, 0.2) is 5.78 Å². The number of benzene rings is 2. The van der Waals surface area contributed by atoms with E-state index in [1.807, 2.05) is 56.6 Å². The maximum absolute atomic E-state index is 13.4. The topological polar surface area (TPSA) is 20.3 Å². The standard InChI is InChI=1S/C20H22ClNO/c1-22(2)13-12-20(16-7-5-8-17(21)14-16)11-10-15-6-3-4-9-18(15)19(20)23/h3-9,14H,10-13H2,1-2H3. The molecular formula is C20H22ClNO. The minimum absolute atomic E-state index is 0.239. The van der Waals surface area contributed by atoms with Crippen molar-refractivity contribution in [3.63, 3.8) is 0 Å². The zero-order valence-corrected chi connectivity index (χ0v) is 14.4. The molecule has 0 spiro atoms. The van der Waals surface area contributed by atoms with Gasteiger partial charge in [-0.25, -0.2) is 0 Å². The molecule has 1 unspecified atom stereocenters. The van der Waals surface area contributed by atoms with E-state index in [4.69, 9.17) is 11.6 Å². The van der Waals surface area contributed by atoms with Crippen molar-refractivity contribution in [2.45, 2.75) is 24.7 Å². The molecule has 23 heavy (non-hydrogen) atoms. The Hall–Kier alpha value is -1.64. The molecule has 1 atom stereocenters. The normalized spacial score (nSPS) is 20.6. The lowest BCUT2D eigenvalue weighted by atomic mass is 9.64. The lowest BCUT2D eigenvalue weighted by Gasteiger charge is -2.38. The van der Waals surface area contributed by atoms with Crippen LogP contribution in [0.4, 0.5) is 0 Å². The van der Waals surface area contributed by atoms with E-state index < -0.39 is 5.41 Å². The highest BCUT2D eigenvalue weighted by Crippen LogP contribution is 2.41. The summed E-state index contributed by atoms with van der Waals surface area (Å²) in [7, 11) is 4.10. The van der Waals surface area contributed by atoms with Crippen molar-refractivity contribution in [1.82, 2.24) is 4.90 Å². The Morgan fingerprint density at radius 1 is 1.13 bits per heavy atom. The molecule has 0 fully saturated rings. The molecule has 2 aromatic carbocycles. The summed E-state index contributed by atoms with van der Waals surface area (Å²) in [6.07, 6.45) is 2.59. The number of rotatable bonds is 4. The van der Waals surface area contributed by atoms with Crippen molar-refractivity contribution in [2.75, 3.05) is 20.6 Å². The number of carbonyl (C=O) groups is 1. The van der Waals surface area contributed by atoms with Crippen LogP contribution in [0.3, 0.4) is 0 Å². The molecule has 0 aromatic heterocycles. The van der Waals surface area contributed by atoms with Crippen molar-refractivity contribution >= 4 is 17.4 Å². The summed E-state index contributed by atoms with van der Waals surface area (Å²) in [5.41, 5.74) is 2.62. The van der Waals surface area contributed by atoms with Crippen LogP contribution in [0.2, 0.25) is 5.02 Å². The maximum atomic E-state index is 13.4. The summed E-state index contributed by atoms with van der Waals surface area (Å²) in [6.45, 7) is 0.875. The SMILES string of the molecule is CN(C)CCC1(c2cccc(Cl)c2)CCc2ccccc2C1=O. The summed E-state index contributed by atoms with van der Waals surface area (Å²) in [5.74, 6) is 0.239. The van der Waals surface area contributed by atoms with Gasteiger partial charge in [0.25, 0.3) is 0 Å². The zero-order chi connectivity index (χ0) is 16.4. The van der Waals surface area contributed by atoms with Crippen LogP contribution >= 0.6 is 11.6 Å². The van der Waals surface area contributed by atoms with E-state index >= 15 is 0 Å². The second-order valence-electron chi connectivity index (χ2n) is 6.63. The van der Waals surface area contributed by atoms with Gasteiger partial charge in [-0.3, -0.25) is 4.79 Å². The summed E-state index contributed by atoms with van der Waals surface area (Å²) < 4.78 is 0. The first-order valence-corrected chi connectivity index (χ1v) is 8.44. The first-order chi connectivity index (χ1) is 11.0. The molecule has 0 saturated carbocycles. The number of Topliss-reactive ketones (excluding diaryl/α,β-unsaturated/α-hetero) is 1. The summed E-state index contributed by atoms with van der Waals surface area (Å²) >= 11 is 6.21. The first kappa shape index (κ1) is 16.2. The van der Waals surface area contributed by atoms with Gasteiger partial charge in [-0.05, 0) is 63.2 Å². The van der Waals surface area contributed by atoms with Crippen LogP contribution in [0.15, 0.2) is 48.5 Å². The molecule has 0 amide bonds. The first-order valence-electron chi connectivity index (χ1n) is 8.06. The van der Waals surface area contributed by atoms with E-state index in [2.05, 4.69) is 11.0 Å². The van der Waals surface area contributed by atoms with Gasteiger partial charge in [-0.2, -0.15) is 0 Å². The molecule has 3 heteroatoms. The highest BCUT2D eigenvalue weighted by Gasteiger charge is 2.43. The quantitative estimate of drug-likeness (QED) is 0.831.